The van der Waals surface area contributed by atoms with Crippen LogP contribution in [0.3, 0.4) is 0 Å². The molecule has 0 aliphatic rings. The van der Waals surface area contributed by atoms with Crippen molar-refractivity contribution in [3.63, 3.8) is 0 Å². The van der Waals surface area contributed by atoms with E-state index in [0.29, 0.717) is 18.7 Å². The number of benzene rings is 1. The van der Waals surface area contributed by atoms with Crippen molar-refractivity contribution in [1.82, 2.24) is 14.9 Å². The Kier molecular flexibility index (Phi) is 3.82. The molecule has 0 bridgehead atoms. The number of rotatable bonds is 5. The van der Waals surface area contributed by atoms with E-state index in [4.69, 9.17) is 0 Å². The van der Waals surface area contributed by atoms with Gasteiger partial charge in [0.05, 0.1) is 6.33 Å². The van der Waals surface area contributed by atoms with Crippen LogP contribution in [-0.4, -0.2) is 16.1 Å². The minimum Gasteiger partial charge on any atom is -0.336 e. The highest BCUT2D eigenvalue weighted by Gasteiger charge is 2.06. The molecule has 90 valence electrons. The first-order chi connectivity index (χ1) is 8.27. The Hall–Kier alpha value is -1.75. The number of imidazole rings is 1. The van der Waals surface area contributed by atoms with Gasteiger partial charge in [0.1, 0.15) is 0 Å². The van der Waals surface area contributed by atoms with Crippen LogP contribution in [0.2, 0.25) is 0 Å². The predicted octanol–water partition coefficient (Wildman–Crippen LogP) is 1.95. The van der Waals surface area contributed by atoms with E-state index in [0.717, 1.165) is 12.6 Å². The molecule has 5 heteroatoms. The summed E-state index contributed by atoms with van der Waals surface area (Å²) in [5.74, 6) is -1.58. The number of hydrogen-bond donors (Lipinski definition) is 1. The van der Waals surface area contributed by atoms with Crippen LogP contribution in [0.25, 0.3) is 0 Å². The number of hydrogen-bond acceptors (Lipinski definition) is 2. The molecule has 1 N–H and O–H groups in total. The SMILES string of the molecule is Fc1cccc(CNCCn2ccnc2)c1F. The summed E-state index contributed by atoms with van der Waals surface area (Å²) in [6, 6.07) is 4.19. The number of aromatic nitrogens is 2. The van der Waals surface area contributed by atoms with Gasteiger partial charge in [-0.25, -0.2) is 13.8 Å². The summed E-state index contributed by atoms with van der Waals surface area (Å²) in [5, 5.41) is 3.05. The second-order valence-electron chi connectivity index (χ2n) is 3.69. The molecular weight excluding hydrogens is 224 g/mol. The Labute approximate surface area is 98.1 Å². The molecule has 1 heterocycles. The van der Waals surface area contributed by atoms with Gasteiger partial charge in [-0.15, -0.1) is 0 Å². The van der Waals surface area contributed by atoms with Gasteiger partial charge in [0.15, 0.2) is 11.6 Å². The lowest BCUT2D eigenvalue weighted by molar-refractivity contribution is 0.490. The summed E-state index contributed by atoms with van der Waals surface area (Å²) >= 11 is 0. The van der Waals surface area contributed by atoms with E-state index >= 15 is 0 Å². The van der Waals surface area contributed by atoms with Crippen molar-refractivity contribution in [2.24, 2.45) is 0 Å². The van der Waals surface area contributed by atoms with Crippen molar-refractivity contribution in [3.8, 4) is 0 Å². The summed E-state index contributed by atoms with van der Waals surface area (Å²) in [7, 11) is 0. The maximum Gasteiger partial charge on any atom is 0.163 e. The van der Waals surface area contributed by atoms with Gasteiger partial charge in [-0.2, -0.15) is 0 Å². The minimum absolute atomic E-state index is 0.318. The van der Waals surface area contributed by atoms with Crippen LogP contribution in [0, 0.1) is 11.6 Å². The van der Waals surface area contributed by atoms with Gasteiger partial charge < -0.3 is 9.88 Å². The molecule has 17 heavy (non-hydrogen) atoms. The number of nitrogens with zero attached hydrogens (tertiary/aromatic N) is 2. The first kappa shape index (κ1) is 11.7. The molecule has 0 fully saturated rings. The lowest BCUT2D eigenvalue weighted by atomic mass is 10.2. The van der Waals surface area contributed by atoms with Gasteiger partial charge in [0.2, 0.25) is 0 Å². The highest BCUT2D eigenvalue weighted by molar-refractivity contribution is 5.18. The third-order valence-corrected chi connectivity index (χ3v) is 2.45. The Morgan fingerprint density at radius 1 is 1.29 bits per heavy atom. The van der Waals surface area contributed by atoms with Gasteiger partial charge in [-0.1, -0.05) is 12.1 Å². The largest absolute Gasteiger partial charge is 0.336 e. The van der Waals surface area contributed by atoms with Crippen molar-refractivity contribution in [2.45, 2.75) is 13.1 Å². The highest BCUT2D eigenvalue weighted by Crippen LogP contribution is 2.10. The minimum atomic E-state index is -0.807. The van der Waals surface area contributed by atoms with E-state index in [9.17, 15) is 8.78 Å². The molecule has 2 rings (SSSR count). The molecule has 0 saturated heterocycles. The second kappa shape index (κ2) is 5.54. The average Bonchev–Trinajstić information content (AvgIpc) is 2.83. The van der Waals surface area contributed by atoms with Gasteiger partial charge in [0.25, 0.3) is 0 Å². The predicted molar refractivity (Wildman–Crippen MR) is 60.3 cm³/mol. The Morgan fingerprint density at radius 3 is 2.94 bits per heavy atom. The molecule has 0 saturated carbocycles. The van der Waals surface area contributed by atoms with Crippen LogP contribution in [-0.2, 0) is 13.1 Å². The Balaban J connectivity index is 1.80. The van der Waals surface area contributed by atoms with E-state index in [1.165, 1.54) is 6.07 Å². The maximum absolute atomic E-state index is 13.3. The molecule has 0 unspecified atom stereocenters. The lowest BCUT2D eigenvalue weighted by Gasteiger charge is -2.06. The third-order valence-electron chi connectivity index (χ3n) is 2.45. The van der Waals surface area contributed by atoms with E-state index in [2.05, 4.69) is 10.3 Å². The molecule has 0 aliphatic carbocycles. The van der Waals surface area contributed by atoms with E-state index in [1.807, 2.05) is 10.8 Å². The number of halogens is 2. The van der Waals surface area contributed by atoms with Crippen molar-refractivity contribution in [3.05, 3.63) is 54.1 Å². The fourth-order valence-electron chi connectivity index (χ4n) is 1.54. The van der Waals surface area contributed by atoms with E-state index in [1.54, 1.807) is 18.6 Å². The normalized spacial score (nSPS) is 10.7. The van der Waals surface area contributed by atoms with Crippen LogP contribution in [0.15, 0.2) is 36.9 Å². The Bertz CT molecular complexity index is 469. The van der Waals surface area contributed by atoms with Crippen molar-refractivity contribution >= 4 is 0 Å². The van der Waals surface area contributed by atoms with Crippen LogP contribution in [0.5, 0.6) is 0 Å². The van der Waals surface area contributed by atoms with Crippen LogP contribution < -0.4 is 5.32 Å². The molecule has 0 aliphatic heterocycles. The fourth-order valence-corrected chi connectivity index (χ4v) is 1.54. The van der Waals surface area contributed by atoms with Crippen LogP contribution >= 0.6 is 0 Å². The topological polar surface area (TPSA) is 29.9 Å². The van der Waals surface area contributed by atoms with E-state index in [-0.39, 0.29) is 0 Å². The molecule has 2 aromatic rings. The van der Waals surface area contributed by atoms with Crippen LogP contribution in [0.4, 0.5) is 8.78 Å². The van der Waals surface area contributed by atoms with Gasteiger partial charge in [-0.05, 0) is 6.07 Å². The van der Waals surface area contributed by atoms with E-state index < -0.39 is 11.6 Å². The van der Waals surface area contributed by atoms with Crippen LogP contribution in [0.1, 0.15) is 5.56 Å². The smallest absolute Gasteiger partial charge is 0.163 e. The average molecular weight is 237 g/mol. The number of nitrogens with one attached hydrogen (secondary N) is 1. The summed E-state index contributed by atoms with van der Waals surface area (Å²) in [5.41, 5.74) is 0.343. The van der Waals surface area contributed by atoms with Crippen molar-refractivity contribution in [1.29, 1.82) is 0 Å². The molecule has 0 radical (unpaired) electrons. The maximum atomic E-state index is 13.3. The zero-order chi connectivity index (χ0) is 12.1. The molecule has 0 amide bonds. The van der Waals surface area contributed by atoms with Gasteiger partial charge in [0, 0.05) is 37.6 Å². The monoisotopic (exact) mass is 237 g/mol. The standard InChI is InChI=1S/C12H13F2N3/c13-11-3-1-2-10(12(11)14)8-15-4-6-17-7-5-16-9-17/h1-3,5,7,9,15H,4,6,8H2. The zero-order valence-corrected chi connectivity index (χ0v) is 9.24. The third kappa shape index (κ3) is 3.10. The van der Waals surface area contributed by atoms with Gasteiger partial charge in [-0.3, -0.25) is 0 Å². The van der Waals surface area contributed by atoms with Crippen molar-refractivity contribution in [2.75, 3.05) is 6.54 Å². The lowest BCUT2D eigenvalue weighted by Crippen LogP contribution is -2.19. The Morgan fingerprint density at radius 2 is 2.18 bits per heavy atom. The molecule has 1 aromatic carbocycles. The zero-order valence-electron chi connectivity index (χ0n) is 9.24. The summed E-state index contributed by atoms with van der Waals surface area (Å²) in [4.78, 5) is 3.91. The molecule has 3 nitrogen and oxygen atoms in total. The summed E-state index contributed by atoms with van der Waals surface area (Å²) < 4.78 is 28.1. The molecule has 1 aromatic heterocycles. The summed E-state index contributed by atoms with van der Waals surface area (Å²) in [6.45, 7) is 1.74. The fraction of sp³-hybridized carbons (Fsp3) is 0.250. The second-order valence-corrected chi connectivity index (χ2v) is 3.69. The van der Waals surface area contributed by atoms with Crippen molar-refractivity contribution < 1.29 is 8.78 Å². The highest BCUT2D eigenvalue weighted by atomic mass is 19.2. The molecule has 0 atom stereocenters. The quantitative estimate of drug-likeness (QED) is 0.805. The van der Waals surface area contributed by atoms with Gasteiger partial charge >= 0.3 is 0 Å². The first-order valence-corrected chi connectivity index (χ1v) is 5.36. The molecular formula is C12H13F2N3. The first-order valence-electron chi connectivity index (χ1n) is 5.36. The molecule has 0 spiro atoms. The summed E-state index contributed by atoms with van der Waals surface area (Å²) in [6.07, 6.45) is 5.27.